The van der Waals surface area contributed by atoms with Crippen LogP contribution in [0.4, 0.5) is 0 Å². The Morgan fingerprint density at radius 2 is 1.76 bits per heavy atom. The normalized spacial score (nSPS) is 29.4. The van der Waals surface area contributed by atoms with Crippen LogP contribution in [0.25, 0.3) is 6.08 Å². The highest BCUT2D eigenvalue weighted by atomic mass is 16.7. The van der Waals surface area contributed by atoms with Crippen molar-refractivity contribution in [3.05, 3.63) is 35.9 Å². The van der Waals surface area contributed by atoms with E-state index < -0.39 is 54.5 Å². The number of ether oxygens (including phenoxy) is 2. The van der Waals surface area contributed by atoms with Crippen LogP contribution in [0, 0.1) is 5.92 Å². The zero-order valence-electron chi connectivity index (χ0n) is 16.1. The monoisotopic (exact) mass is 410 g/mol. The summed E-state index contributed by atoms with van der Waals surface area (Å²) >= 11 is 0. The summed E-state index contributed by atoms with van der Waals surface area (Å²) in [5.41, 5.74) is 0.591. The molecule has 0 bridgehead atoms. The van der Waals surface area contributed by atoms with Gasteiger partial charge in [0.1, 0.15) is 36.3 Å². The van der Waals surface area contributed by atoms with E-state index in [2.05, 4.69) is 0 Å². The maximum atomic E-state index is 12.2. The van der Waals surface area contributed by atoms with Gasteiger partial charge in [-0.25, -0.2) is 4.79 Å². The van der Waals surface area contributed by atoms with Gasteiger partial charge in [0.05, 0.1) is 0 Å². The van der Waals surface area contributed by atoms with Gasteiger partial charge in [0.2, 0.25) is 6.29 Å². The number of aliphatic hydroxyl groups excluding tert-OH is 4. The smallest absolute Gasteiger partial charge is 0.333 e. The van der Waals surface area contributed by atoms with Gasteiger partial charge in [0.15, 0.2) is 5.78 Å². The van der Waals surface area contributed by atoms with Gasteiger partial charge < -0.3 is 35.0 Å². The quantitative estimate of drug-likeness (QED) is 0.302. The largest absolute Gasteiger partial charge is 0.508 e. The van der Waals surface area contributed by atoms with E-state index in [4.69, 9.17) is 9.47 Å². The summed E-state index contributed by atoms with van der Waals surface area (Å²) in [6.07, 6.45) is -7.50. The fourth-order valence-corrected chi connectivity index (χ4v) is 2.79. The van der Waals surface area contributed by atoms with Crippen molar-refractivity contribution in [2.45, 2.75) is 57.1 Å². The molecule has 2 rings (SSSR count). The molecule has 1 aromatic rings. The van der Waals surface area contributed by atoms with Gasteiger partial charge in [-0.05, 0) is 30.2 Å². The molecule has 1 saturated heterocycles. The lowest BCUT2D eigenvalue weighted by Gasteiger charge is -2.41. The lowest BCUT2D eigenvalue weighted by Crippen LogP contribution is -2.62. The van der Waals surface area contributed by atoms with Crippen molar-refractivity contribution in [3.63, 3.8) is 0 Å². The number of phenolic OH excluding ortho intramolecular Hbond substituents is 1. The second kappa shape index (κ2) is 9.95. The number of hydrogen-bond acceptors (Lipinski definition) is 9. The molecule has 9 nitrogen and oxygen atoms in total. The van der Waals surface area contributed by atoms with Crippen molar-refractivity contribution in [1.29, 1.82) is 0 Å². The SMILES string of the molecule is CCC(C)C(=O)C(O)[C@H]1O[C@@H](OC(=O)/C=C/c2ccc(O)cc2)[C@H](O)[C@@H](O)[C@@H]1O. The average Bonchev–Trinajstić information content (AvgIpc) is 2.72. The highest BCUT2D eigenvalue weighted by Crippen LogP contribution is 2.26. The van der Waals surface area contributed by atoms with Crippen molar-refractivity contribution in [2.24, 2.45) is 5.92 Å². The molecular formula is C20H26O9. The minimum absolute atomic E-state index is 0.0625. The van der Waals surface area contributed by atoms with Crippen LogP contribution in [-0.2, 0) is 19.1 Å². The summed E-state index contributed by atoms with van der Waals surface area (Å²) in [6, 6.07) is 5.96. The molecule has 1 aliphatic heterocycles. The minimum atomic E-state index is -1.80. The number of hydrogen-bond donors (Lipinski definition) is 5. The van der Waals surface area contributed by atoms with E-state index >= 15 is 0 Å². The molecule has 1 aromatic carbocycles. The topological polar surface area (TPSA) is 154 Å². The standard InChI is InChI=1S/C20H26O9/c1-3-10(2)14(23)16(25)19-17(26)15(24)18(27)20(29-19)28-13(22)9-6-11-4-7-12(21)8-5-11/h4-10,15-21,24-27H,3H2,1-2H3/b9-6+/t10?,15-,16?,17-,18+,19+,20+/m0/s1. The number of benzene rings is 1. The molecular weight excluding hydrogens is 384 g/mol. The summed E-state index contributed by atoms with van der Waals surface area (Å²) in [6.45, 7) is 3.34. The van der Waals surface area contributed by atoms with E-state index in [1.54, 1.807) is 26.0 Å². The van der Waals surface area contributed by atoms with Gasteiger partial charge in [0, 0.05) is 12.0 Å². The lowest BCUT2D eigenvalue weighted by atomic mass is 9.89. The second-order valence-corrected chi connectivity index (χ2v) is 6.96. The van der Waals surface area contributed by atoms with Crippen molar-refractivity contribution in [1.82, 2.24) is 0 Å². The van der Waals surface area contributed by atoms with E-state index in [1.807, 2.05) is 0 Å². The zero-order valence-corrected chi connectivity index (χ0v) is 16.1. The molecule has 7 atom stereocenters. The van der Waals surface area contributed by atoms with E-state index in [1.165, 1.54) is 18.2 Å². The molecule has 0 spiro atoms. The van der Waals surface area contributed by atoms with Crippen LogP contribution in [0.15, 0.2) is 30.3 Å². The number of esters is 1. The summed E-state index contributed by atoms with van der Waals surface area (Å²) < 4.78 is 10.2. The lowest BCUT2D eigenvalue weighted by molar-refractivity contribution is -0.298. The first-order valence-electron chi connectivity index (χ1n) is 9.24. The Labute approximate surface area is 167 Å². The van der Waals surface area contributed by atoms with Gasteiger partial charge in [-0.2, -0.15) is 0 Å². The third-order valence-electron chi connectivity index (χ3n) is 4.84. The highest BCUT2D eigenvalue weighted by molar-refractivity contribution is 5.87. The number of rotatable bonds is 7. The fraction of sp³-hybridized carbons (Fsp3) is 0.500. The Morgan fingerprint density at radius 1 is 1.14 bits per heavy atom. The Kier molecular flexibility index (Phi) is 7.88. The molecule has 0 saturated carbocycles. The van der Waals surface area contributed by atoms with Gasteiger partial charge in [-0.3, -0.25) is 4.79 Å². The predicted octanol–water partition coefficient (Wildman–Crippen LogP) is -0.268. The van der Waals surface area contributed by atoms with Crippen molar-refractivity contribution >= 4 is 17.8 Å². The summed E-state index contributed by atoms with van der Waals surface area (Å²) in [5.74, 6) is -1.98. The molecule has 29 heavy (non-hydrogen) atoms. The molecule has 1 fully saturated rings. The van der Waals surface area contributed by atoms with Crippen LogP contribution in [0.3, 0.4) is 0 Å². The number of ketones is 1. The van der Waals surface area contributed by atoms with Crippen LogP contribution >= 0.6 is 0 Å². The van der Waals surface area contributed by atoms with E-state index in [-0.39, 0.29) is 5.75 Å². The molecule has 160 valence electrons. The van der Waals surface area contributed by atoms with Gasteiger partial charge in [-0.1, -0.05) is 26.0 Å². The molecule has 0 amide bonds. The molecule has 1 aliphatic rings. The van der Waals surface area contributed by atoms with E-state index in [0.29, 0.717) is 12.0 Å². The zero-order chi connectivity index (χ0) is 21.7. The van der Waals surface area contributed by atoms with Crippen LogP contribution < -0.4 is 0 Å². The number of carbonyl (C=O) groups is 2. The molecule has 1 heterocycles. The minimum Gasteiger partial charge on any atom is -0.508 e. The summed E-state index contributed by atoms with van der Waals surface area (Å²) in [4.78, 5) is 24.2. The van der Waals surface area contributed by atoms with Crippen molar-refractivity contribution in [3.8, 4) is 5.75 Å². The van der Waals surface area contributed by atoms with Crippen LogP contribution in [0.2, 0.25) is 0 Å². The first-order chi connectivity index (χ1) is 13.6. The molecule has 0 aliphatic carbocycles. The molecule has 2 unspecified atom stereocenters. The number of phenols is 1. The third-order valence-corrected chi connectivity index (χ3v) is 4.84. The van der Waals surface area contributed by atoms with Gasteiger partial charge >= 0.3 is 5.97 Å². The second-order valence-electron chi connectivity index (χ2n) is 6.96. The molecule has 0 radical (unpaired) electrons. The molecule has 0 aromatic heterocycles. The highest BCUT2D eigenvalue weighted by Gasteiger charge is 2.49. The predicted molar refractivity (Wildman–Crippen MR) is 100 cm³/mol. The van der Waals surface area contributed by atoms with Crippen LogP contribution in [0.1, 0.15) is 25.8 Å². The number of aromatic hydroxyl groups is 1. The van der Waals surface area contributed by atoms with Crippen molar-refractivity contribution in [2.75, 3.05) is 0 Å². The Balaban J connectivity index is 2.07. The van der Waals surface area contributed by atoms with Crippen LogP contribution in [-0.4, -0.2) is 74.1 Å². The average molecular weight is 410 g/mol. The molecule has 5 N–H and O–H groups in total. The third kappa shape index (κ3) is 5.62. The number of Topliss-reactive ketones (excluding diaryl/α,β-unsaturated/α-hetero) is 1. The van der Waals surface area contributed by atoms with Gasteiger partial charge in [-0.15, -0.1) is 0 Å². The van der Waals surface area contributed by atoms with Gasteiger partial charge in [0.25, 0.3) is 0 Å². The Bertz CT molecular complexity index is 730. The first kappa shape index (κ1) is 23.0. The number of carbonyl (C=O) groups excluding carboxylic acids is 2. The fourth-order valence-electron chi connectivity index (χ4n) is 2.79. The summed E-state index contributed by atoms with van der Waals surface area (Å²) in [5, 5.41) is 49.6. The summed E-state index contributed by atoms with van der Waals surface area (Å²) in [7, 11) is 0. The number of aliphatic hydroxyl groups is 4. The van der Waals surface area contributed by atoms with E-state index in [9.17, 15) is 35.1 Å². The van der Waals surface area contributed by atoms with Crippen molar-refractivity contribution < 1.29 is 44.6 Å². The molecule has 9 heteroatoms. The Morgan fingerprint density at radius 3 is 2.34 bits per heavy atom. The maximum Gasteiger partial charge on any atom is 0.333 e. The van der Waals surface area contributed by atoms with E-state index in [0.717, 1.165) is 6.08 Å². The maximum absolute atomic E-state index is 12.2. The van der Waals surface area contributed by atoms with Crippen LogP contribution in [0.5, 0.6) is 5.75 Å². The first-order valence-corrected chi connectivity index (χ1v) is 9.24. The Hall–Kier alpha value is -2.30.